The van der Waals surface area contributed by atoms with Gasteiger partial charge in [-0.25, -0.2) is 9.97 Å². The van der Waals surface area contributed by atoms with E-state index in [4.69, 9.17) is 11.6 Å². The van der Waals surface area contributed by atoms with Crippen LogP contribution in [0.25, 0.3) is 21.3 Å². The second kappa shape index (κ2) is 7.87. The van der Waals surface area contributed by atoms with Crippen molar-refractivity contribution in [2.24, 2.45) is 0 Å². The molecule has 1 aliphatic rings. The lowest BCUT2D eigenvalue weighted by atomic mass is 9.83. The number of aryl methyl sites for hydroxylation is 1. The zero-order chi connectivity index (χ0) is 23.4. The van der Waals surface area contributed by atoms with Crippen LogP contribution >= 0.6 is 22.9 Å². The number of benzene rings is 3. The fourth-order valence-electron chi connectivity index (χ4n) is 4.48. The molecule has 0 saturated heterocycles. The Morgan fingerprint density at radius 2 is 1.50 bits per heavy atom. The molecule has 3 aromatic carbocycles. The van der Waals surface area contributed by atoms with Crippen LogP contribution in [0, 0.1) is 6.92 Å². The summed E-state index contributed by atoms with van der Waals surface area (Å²) in [5.41, 5.74) is 4.14. The first-order valence-electron chi connectivity index (χ1n) is 10.6. The summed E-state index contributed by atoms with van der Waals surface area (Å²) in [6.07, 6.45) is 1.50. The summed E-state index contributed by atoms with van der Waals surface area (Å²) in [5.74, 6) is 0.236. The van der Waals surface area contributed by atoms with Gasteiger partial charge in [0.1, 0.15) is 17.0 Å². The van der Waals surface area contributed by atoms with Crippen LogP contribution in [0.5, 0.6) is 0 Å². The van der Waals surface area contributed by atoms with Gasteiger partial charge in [-0.05, 0) is 30.7 Å². The Balaban J connectivity index is 1.52. The van der Waals surface area contributed by atoms with E-state index in [1.54, 1.807) is 53.8 Å². The van der Waals surface area contributed by atoms with Crippen LogP contribution in [0.1, 0.15) is 36.7 Å². The predicted molar refractivity (Wildman–Crippen MR) is 136 cm³/mol. The molecule has 0 atom stereocenters. The number of thiophene rings is 1. The van der Waals surface area contributed by atoms with Gasteiger partial charge < -0.3 is 5.32 Å². The Morgan fingerprint density at radius 1 is 0.794 bits per heavy atom. The molecular weight excluding hydrogens is 466 g/mol. The summed E-state index contributed by atoms with van der Waals surface area (Å²) < 4.78 is 0. The molecule has 0 amide bonds. The van der Waals surface area contributed by atoms with Crippen molar-refractivity contribution < 1.29 is 9.59 Å². The van der Waals surface area contributed by atoms with E-state index in [0.717, 1.165) is 26.2 Å². The number of nitrogens with one attached hydrogen (secondary N) is 1. The van der Waals surface area contributed by atoms with Gasteiger partial charge >= 0.3 is 0 Å². The smallest absolute Gasteiger partial charge is 0.196 e. The van der Waals surface area contributed by atoms with Gasteiger partial charge in [0.15, 0.2) is 11.6 Å². The van der Waals surface area contributed by atoms with Crippen LogP contribution in [0.4, 0.5) is 11.5 Å². The third-order valence-corrected chi connectivity index (χ3v) is 7.27. The Kier molecular flexibility index (Phi) is 4.79. The largest absolute Gasteiger partial charge is 0.339 e. The summed E-state index contributed by atoms with van der Waals surface area (Å²) in [7, 11) is 0. The van der Waals surface area contributed by atoms with Gasteiger partial charge in [0.05, 0.1) is 16.6 Å². The van der Waals surface area contributed by atoms with E-state index in [9.17, 15) is 9.59 Å². The van der Waals surface area contributed by atoms with Crippen LogP contribution in [-0.4, -0.2) is 21.5 Å². The maximum Gasteiger partial charge on any atom is 0.196 e. The zero-order valence-corrected chi connectivity index (χ0v) is 19.5. The summed E-state index contributed by atoms with van der Waals surface area (Å²) in [6.45, 7) is 2.05. The van der Waals surface area contributed by atoms with Crippen molar-refractivity contribution in [1.82, 2.24) is 9.97 Å². The third kappa shape index (κ3) is 3.15. The van der Waals surface area contributed by atoms with Crippen LogP contribution in [0.3, 0.4) is 0 Å². The number of fused-ring (bicyclic) bond motifs is 3. The number of carbonyl (C=O) groups is 2. The highest BCUT2D eigenvalue weighted by atomic mass is 35.5. The van der Waals surface area contributed by atoms with Crippen molar-refractivity contribution in [3.63, 3.8) is 0 Å². The first-order valence-corrected chi connectivity index (χ1v) is 11.8. The number of rotatable bonds is 3. The SMILES string of the molecule is Cc1sc2ncnc(Nc3cccc4c3C(=O)c3ccccc3C4=O)c2c1-c1ccc(Cl)cc1. The van der Waals surface area contributed by atoms with Crippen molar-refractivity contribution in [2.75, 3.05) is 5.32 Å². The van der Waals surface area contributed by atoms with E-state index in [0.29, 0.717) is 38.8 Å². The second-order valence-electron chi connectivity index (χ2n) is 8.00. The number of hydrogen-bond acceptors (Lipinski definition) is 6. The quantitative estimate of drug-likeness (QED) is 0.299. The van der Waals surface area contributed by atoms with E-state index in [2.05, 4.69) is 15.3 Å². The Morgan fingerprint density at radius 3 is 2.26 bits per heavy atom. The Labute approximate surface area is 204 Å². The van der Waals surface area contributed by atoms with Gasteiger partial charge in [0.2, 0.25) is 0 Å². The van der Waals surface area contributed by atoms with Crippen LogP contribution in [0.2, 0.25) is 5.02 Å². The van der Waals surface area contributed by atoms with Gasteiger partial charge in [0, 0.05) is 32.2 Å². The average Bonchev–Trinajstić information content (AvgIpc) is 3.20. The normalized spacial score (nSPS) is 12.5. The van der Waals surface area contributed by atoms with Crippen LogP contribution in [-0.2, 0) is 0 Å². The molecule has 7 heteroatoms. The summed E-state index contributed by atoms with van der Waals surface area (Å²) in [4.78, 5) is 37.5. The van der Waals surface area contributed by atoms with Gasteiger partial charge in [-0.3, -0.25) is 9.59 Å². The van der Waals surface area contributed by atoms with E-state index >= 15 is 0 Å². The average molecular weight is 482 g/mol. The van der Waals surface area contributed by atoms with Gasteiger partial charge in [-0.1, -0.05) is 60.1 Å². The van der Waals surface area contributed by atoms with Crippen molar-refractivity contribution in [1.29, 1.82) is 0 Å². The van der Waals surface area contributed by atoms with E-state index in [1.165, 1.54) is 6.33 Å². The molecule has 1 aliphatic carbocycles. The molecule has 2 aromatic heterocycles. The Bertz CT molecular complexity index is 1640. The molecule has 0 spiro atoms. The molecule has 0 bridgehead atoms. The lowest BCUT2D eigenvalue weighted by Crippen LogP contribution is -2.22. The minimum Gasteiger partial charge on any atom is -0.339 e. The van der Waals surface area contributed by atoms with Crippen LogP contribution in [0.15, 0.2) is 73.1 Å². The first-order chi connectivity index (χ1) is 16.5. The zero-order valence-electron chi connectivity index (χ0n) is 17.9. The van der Waals surface area contributed by atoms with E-state index in [-0.39, 0.29) is 11.6 Å². The van der Waals surface area contributed by atoms with Crippen molar-refractivity contribution >= 4 is 56.2 Å². The summed E-state index contributed by atoms with van der Waals surface area (Å²) in [6, 6.07) is 19.8. The fraction of sp³-hybridized carbons (Fsp3) is 0.0370. The number of nitrogens with zero attached hydrogens (tertiary/aromatic N) is 2. The fourth-order valence-corrected chi connectivity index (χ4v) is 5.62. The molecule has 5 aromatic rings. The number of hydrogen-bond donors (Lipinski definition) is 1. The second-order valence-corrected chi connectivity index (χ2v) is 9.64. The summed E-state index contributed by atoms with van der Waals surface area (Å²) in [5, 5.41) is 4.87. The molecule has 1 N–H and O–H groups in total. The highest BCUT2D eigenvalue weighted by molar-refractivity contribution is 7.19. The van der Waals surface area contributed by atoms with Gasteiger partial charge in [-0.2, -0.15) is 0 Å². The highest BCUT2D eigenvalue weighted by Gasteiger charge is 2.31. The van der Waals surface area contributed by atoms with E-state index in [1.807, 2.05) is 31.2 Å². The third-order valence-electron chi connectivity index (χ3n) is 6.00. The molecule has 164 valence electrons. The van der Waals surface area contributed by atoms with Crippen molar-refractivity contribution in [3.8, 4) is 11.1 Å². The molecule has 5 nitrogen and oxygen atoms in total. The number of carbonyl (C=O) groups excluding carboxylic acids is 2. The lowest BCUT2D eigenvalue weighted by molar-refractivity contribution is 0.0979. The maximum absolute atomic E-state index is 13.4. The molecule has 34 heavy (non-hydrogen) atoms. The molecule has 0 unspecified atom stereocenters. The van der Waals surface area contributed by atoms with Gasteiger partial charge in [0.25, 0.3) is 0 Å². The molecule has 0 aliphatic heterocycles. The monoisotopic (exact) mass is 481 g/mol. The maximum atomic E-state index is 13.4. The van der Waals surface area contributed by atoms with E-state index < -0.39 is 0 Å². The topological polar surface area (TPSA) is 72.0 Å². The molecule has 6 rings (SSSR count). The molecule has 0 saturated carbocycles. The minimum atomic E-state index is -0.182. The molecule has 2 heterocycles. The Hall–Kier alpha value is -3.87. The van der Waals surface area contributed by atoms with Crippen LogP contribution < -0.4 is 5.32 Å². The number of aromatic nitrogens is 2. The summed E-state index contributed by atoms with van der Waals surface area (Å²) >= 11 is 7.68. The number of anilines is 2. The van der Waals surface area contributed by atoms with Crippen molar-refractivity contribution in [2.45, 2.75) is 6.92 Å². The standard InChI is InChI=1S/C27H16ClN3O2S/c1-14-21(15-9-11-16(28)12-10-15)23-26(29-13-30-27(23)34-14)31-20-8-4-7-19-22(20)25(33)18-6-3-2-5-17(18)24(19)32/h2-13H,1H3,(H,29,30,31). The van der Waals surface area contributed by atoms with Gasteiger partial charge in [-0.15, -0.1) is 11.3 Å². The van der Waals surface area contributed by atoms with Crippen molar-refractivity contribution in [3.05, 3.63) is 105 Å². The lowest BCUT2D eigenvalue weighted by Gasteiger charge is -2.20. The minimum absolute atomic E-state index is 0.157. The molecular formula is C27H16ClN3O2S. The number of halogens is 1. The first kappa shape index (κ1) is 20.7. The highest BCUT2D eigenvalue weighted by Crippen LogP contribution is 2.42. The molecule has 0 radical (unpaired) electrons. The molecule has 0 fully saturated rings. The predicted octanol–water partition coefficient (Wildman–Crippen LogP) is 6.84. The number of ketones is 2.